The summed E-state index contributed by atoms with van der Waals surface area (Å²) in [4.78, 5) is 90.2. The topological polar surface area (TPSA) is 254 Å². The Kier molecular flexibility index (Phi) is 10.3. The molecule has 2 aromatic carbocycles. The van der Waals surface area contributed by atoms with Crippen molar-refractivity contribution in [1.82, 2.24) is 15.5 Å². The number of phenols is 1. The molecular weight excluding hydrogens is 830 g/mol. The maximum atomic E-state index is 13.3. The number of fused-ring (bicyclic) bond motifs is 4. The minimum Gasteiger partial charge on any atom is -0.508 e. The molecule has 19 heteroatoms. The van der Waals surface area contributed by atoms with Crippen LogP contribution in [0.5, 0.6) is 5.75 Å². The number of halogens is 1. The van der Waals surface area contributed by atoms with Crippen LogP contribution in [0.25, 0.3) is 45.6 Å². The number of carboxylic acid groups (broad SMARTS) is 2. The van der Waals surface area contributed by atoms with Crippen molar-refractivity contribution >= 4 is 87.9 Å². The molecule has 2 aliphatic carbocycles. The molecule has 0 bridgehead atoms. The number of hydrogen-bond acceptors (Lipinski definition) is 13. The number of nitrogens with one attached hydrogen (secondary N) is 2. The molecule has 3 aromatic rings. The quantitative estimate of drug-likeness (QED) is 0.0506. The third kappa shape index (κ3) is 7.35. The zero-order chi connectivity index (χ0) is 41.9. The molecule has 6 N–H and O–H groups in total. The van der Waals surface area contributed by atoms with Crippen LogP contribution in [0.2, 0.25) is 0 Å². The number of carboxylic acids is 2. The van der Waals surface area contributed by atoms with Gasteiger partial charge in [-0.25, -0.2) is 14.4 Å². The number of aromatic hydroxyl groups is 1. The molecule has 3 aliphatic heterocycles. The SMILES string of the molecule is O=C(CNC(=O)c1cc2c(oc1=O)=CC(O)C(Cl)C=2)NC1C(=O)N2C(C(=O)O)=C(CSc3ccc(-c4c5ccc(=O)cc-5oc5cc(O)ccc45)c(C(=O)O)c3)CSC12. The molecule has 5 aliphatic rings. The van der Waals surface area contributed by atoms with E-state index >= 15 is 0 Å². The molecule has 0 saturated carbocycles. The Labute approximate surface area is 343 Å². The molecule has 1 saturated heterocycles. The van der Waals surface area contributed by atoms with Crippen molar-refractivity contribution in [3.05, 3.63) is 114 Å². The van der Waals surface area contributed by atoms with Crippen LogP contribution in [-0.2, 0) is 14.4 Å². The van der Waals surface area contributed by atoms with Gasteiger partial charge >= 0.3 is 17.6 Å². The number of thioether (sulfide) groups is 2. The summed E-state index contributed by atoms with van der Waals surface area (Å²) in [5.74, 6) is -4.67. The van der Waals surface area contributed by atoms with Gasteiger partial charge < -0.3 is 39.9 Å². The van der Waals surface area contributed by atoms with Gasteiger partial charge in [0.25, 0.3) is 11.8 Å². The van der Waals surface area contributed by atoms with Crippen LogP contribution in [0.4, 0.5) is 0 Å². The fraction of sp³-hybridized carbons (Fsp3) is 0.175. The molecule has 59 heavy (non-hydrogen) atoms. The van der Waals surface area contributed by atoms with Crippen molar-refractivity contribution < 1.29 is 53.2 Å². The summed E-state index contributed by atoms with van der Waals surface area (Å²) >= 11 is 8.41. The van der Waals surface area contributed by atoms with E-state index < -0.39 is 70.3 Å². The number of rotatable bonds is 10. The first-order chi connectivity index (χ1) is 28.2. The molecule has 0 spiro atoms. The van der Waals surface area contributed by atoms with E-state index in [9.17, 15) is 54.0 Å². The summed E-state index contributed by atoms with van der Waals surface area (Å²) in [5, 5.41) is 44.5. The number of carbonyl (C=O) groups excluding carboxylic acids is 3. The van der Waals surface area contributed by atoms with E-state index in [1.165, 1.54) is 66.4 Å². The van der Waals surface area contributed by atoms with Crippen LogP contribution in [-0.4, -0.2) is 95.9 Å². The van der Waals surface area contributed by atoms with Gasteiger partial charge in [-0.2, -0.15) is 0 Å². The summed E-state index contributed by atoms with van der Waals surface area (Å²) in [7, 11) is 0. The number of benzene rings is 3. The highest BCUT2D eigenvalue weighted by Crippen LogP contribution is 2.44. The highest BCUT2D eigenvalue weighted by atomic mass is 35.5. The lowest BCUT2D eigenvalue weighted by Gasteiger charge is -2.49. The van der Waals surface area contributed by atoms with Crippen molar-refractivity contribution in [2.75, 3.05) is 18.1 Å². The highest BCUT2D eigenvalue weighted by Gasteiger charge is 2.54. The average Bonchev–Trinajstić information content (AvgIpc) is 3.20. The second-order valence-corrected chi connectivity index (χ2v) is 16.2. The Hall–Kier alpha value is -6.34. The Morgan fingerprint density at radius 2 is 1.69 bits per heavy atom. The molecule has 4 atom stereocenters. The number of alkyl halides is 1. The summed E-state index contributed by atoms with van der Waals surface area (Å²) in [6, 6.07) is 13.4. The Morgan fingerprint density at radius 3 is 2.46 bits per heavy atom. The number of β-lactam (4-membered cyclic amide) rings is 1. The number of aliphatic hydroxyl groups excluding tert-OH is 1. The molecular formula is C40H28ClN3O13S2. The monoisotopic (exact) mass is 857 g/mol. The second-order valence-electron chi connectivity index (χ2n) is 13.5. The number of carbonyl (C=O) groups is 5. The molecule has 4 heterocycles. The normalized spacial score (nSPS) is 19.6. The Bertz CT molecular complexity index is 2930. The highest BCUT2D eigenvalue weighted by molar-refractivity contribution is 8.01. The number of amides is 3. The van der Waals surface area contributed by atoms with Crippen molar-refractivity contribution in [1.29, 1.82) is 0 Å². The predicted molar refractivity (Wildman–Crippen MR) is 215 cm³/mol. The van der Waals surface area contributed by atoms with Crippen molar-refractivity contribution in [2.45, 2.75) is 27.8 Å². The predicted octanol–water partition coefficient (Wildman–Crippen LogP) is 1.73. The molecule has 3 amide bonds. The summed E-state index contributed by atoms with van der Waals surface area (Å²) in [6.07, 6.45) is 1.56. The number of aromatic carboxylic acids is 1. The van der Waals surface area contributed by atoms with Crippen molar-refractivity contribution in [3.8, 4) is 28.2 Å². The first-order valence-corrected chi connectivity index (χ1v) is 20.0. The Morgan fingerprint density at radius 1 is 0.915 bits per heavy atom. The van der Waals surface area contributed by atoms with E-state index in [0.717, 1.165) is 16.7 Å². The van der Waals surface area contributed by atoms with E-state index in [1.54, 1.807) is 18.2 Å². The van der Waals surface area contributed by atoms with Gasteiger partial charge in [-0.1, -0.05) is 12.1 Å². The van der Waals surface area contributed by atoms with Crippen LogP contribution >= 0.6 is 35.1 Å². The fourth-order valence-corrected chi connectivity index (χ4v) is 9.67. The third-order valence-corrected chi connectivity index (χ3v) is 12.6. The lowest BCUT2D eigenvalue weighted by molar-refractivity contribution is -0.150. The second kappa shape index (κ2) is 15.4. The van der Waals surface area contributed by atoms with Gasteiger partial charge in [0.1, 0.15) is 45.2 Å². The van der Waals surface area contributed by atoms with Gasteiger partial charge in [-0.15, -0.1) is 35.1 Å². The van der Waals surface area contributed by atoms with Gasteiger partial charge in [0.05, 0.1) is 23.6 Å². The number of aliphatic carboxylic acids is 1. The van der Waals surface area contributed by atoms with Crippen molar-refractivity contribution in [3.63, 3.8) is 0 Å². The lowest BCUT2D eigenvalue weighted by atomic mass is 9.91. The number of hydrogen-bond donors (Lipinski definition) is 6. The van der Waals surface area contributed by atoms with Crippen LogP contribution in [0.15, 0.2) is 95.3 Å². The Balaban J connectivity index is 0.965. The molecule has 0 radical (unpaired) electrons. The van der Waals surface area contributed by atoms with E-state index in [-0.39, 0.29) is 50.7 Å². The lowest BCUT2D eigenvalue weighted by Crippen LogP contribution is -2.71. The van der Waals surface area contributed by atoms with Gasteiger partial charge in [-0.3, -0.25) is 24.1 Å². The zero-order valence-electron chi connectivity index (χ0n) is 30.0. The van der Waals surface area contributed by atoms with Gasteiger partial charge in [0, 0.05) is 50.3 Å². The smallest absolute Gasteiger partial charge is 0.352 e. The first-order valence-electron chi connectivity index (χ1n) is 17.6. The standard InChI is InChI=1S/C40H28ClN3O13S2/c41-26-8-16-7-25(40(55)57-28(16)12-27(26)47)35(49)42-13-31(48)43-33-36(50)44-34(39(53)54)17(15-59-37(33)44)14-58-20-3-6-21(24(11-20)38(51)52)32-22-4-1-18(45)9-29(22)56-30-10-19(46)2-5-23(30)32/h1-12,26-27,33,37,45,47H,13-15H2,(H,42,49)(H,43,48)(H,51,52)(H,53,54). The summed E-state index contributed by atoms with van der Waals surface area (Å²) in [5.41, 5.74) is -0.187. The average molecular weight is 858 g/mol. The van der Waals surface area contributed by atoms with Gasteiger partial charge in [0.15, 0.2) is 5.43 Å². The maximum absolute atomic E-state index is 13.3. The molecule has 300 valence electrons. The van der Waals surface area contributed by atoms with Crippen LogP contribution in [0.3, 0.4) is 0 Å². The number of nitrogens with zero attached hydrogens (tertiary/aromatic N) is 1. The largest absolute Gasteiger partial charge is 0.508 e. The van der Waals surface area contributed by atoms with E-state index in [4.69, 9.17) is 20.4 Å². The molecule has 1 aromatic heterocycles. The number of aliphatic hydroxyl groups is 1. The fourth-order valence-electron chi connectivity index (χ4n) is 7.04. The van der Waals surface area contributed by atoms with Gasteiger partial charge in [-0.05, 0) is 59.7 Å². The third-order valence-electron chi connectivity index (χ3n) is 9.80. The molecule has 1 fully saturated rings. The maximum Gasteiger partial charge on any atom is 0.352 e. The first kappa shape index (κ1) is 39.5. The zero-order valence-corrected chi connectivity index (χ0v) is 32.4. The van der Waals surface area contributed by atoms with E-state index in [2.05, 4.69) is 10.6 Å². The molecule has 4 unspecified atom stereocenters. The van der Waals surface area contributed by atoms with E-state index in [0.29, 0.717) is 37.8 Å². The number of phenolic OH excluding ortho intramolecular Hbond substituents is 1. The minimum atomic E-state index is -1.37. The molecule has 8 rings (SSSR count). The van der Waals surface area contributed by atoms with Crippen LogP contribution < -0.4 is 32.3 Å². The molecule has 16 nitrogen and oxygen atoms in total. The minimum absolute atomic E-state index is 0.0406. The summed E-state index contributed by atoms with van der Waals surface area (Å²) < 4.78 is 11.0. The van der Waals surface area contributed by atoms with Crippen LogP contribution in [0, 0.1) is 0 Å². The van der Waals surface area contributed by atoms with Gasteiger partial charge in [0.2, 0.25) is 5.91 Å². The van der Waals surface area contributed by atoms with Crippen LogP contribution in [0.1, 0.15) is 20.7 Å². The van der Waals surface area contributed by atoms with Crippen molar-refractivity contribution in [2.24, 2.45) is 0 Å². The summed E-state index contributed by atoms with van der Waals surface area (Å²) in [6.45, 7) is -0.624. The van der Waals surface area contributed by atoms with E-state index in [1.807, 2.05) is 0 Å².